The molecule has 3 aromatic carbocycles. The number of hydrogen-bond acceptors (Lipinski definition) is 17. The molecule has 1 aromatic heterocycles. The van der Waals surface area contributed by atoms with Gasteiger partial charge in [0.05, 0.1) is 43.9 Å². The van der Waals surface area contributed by atoms with Crippen molar-refractivity contribution in [3.05, 3.63) is 125 Å². The molecule has 4 aromatic rings. The van der Waals surface area contributed by atoms with Crippen LogP contribution in [-0.4, -0.2) is 133 Å². The largest absolute Gasteiger partial charge is 0.481 e. The molecule has 0 unspecified atom stereocenters. The first kappa shape index (κ1) is 54.7. The van der Waals surface area contributed by atoms with E-state index in [1.165, 1.54) is 6.33 Å². The maximum atomic E-state index is 14.0. The van der Waals surface area contributed by atoms with Crippen molar-refractivity contribution in [3.63, 3.8) is 0 Å². The van der Waals surface area contributed by atoms with E-state index < -0.39 is 102 Å². The number of allylic oxidation sites excluding steroid dienone is 4. The van der Waals surface area contributed by atoms with Gasteiger partial charge in [0.2, 0.25) is 23.5 Å². The number of carboxylic acids is 1. The lowest BCUT2D eigenvalue weighted by atomic mass is 9.46. The fourth-order valence-corrected chi connectivity index (χ4v) is 13.2. The predicted octanol–water partition coefficient (Wildman–Crippen LogP) is 3.42. The lowest BCUT2D eigenvalue weighted by Crippen LogP contribution is -2.63. The number of carbonyl (C=O) groups is 7. The van der Waals surface area contributed by atoms with E-state index in [9.17, 15) is 48.9 Å². The Kier molecular flexibility index (Phi) is 15.4. The highest BCUT2D eigenvalue weighted by molar-refractivity contribution is 6.01. The van der Waals surface area contributed by atoms with Crippen LogP contribution in [0.2, 0.25) is 0 Å². The number of nitrogens with one attached hydrogen (secondary N) is 4. The van der Waals surface area contributed by atoms with Crippen molar-refractivity contribution < 1.29 is 67.8 Å². The second-order valence-corrected chi connectivity index (χ2v) is 22.0. The highest BCUT2D eigenvalue weighted by atomic mass is 16.7. The molecule has 79 heavy (non-hydrogen) atoms. The van der Waals surface area contributed by atoms with E-state index in [4.69, 9.17) is 18.9 Å². The van der Waals surface area contributed by atoms with Crippen LogP contribution in [0.3, 0.4) is 0 Å². The number of amides is 4. The Morgan fingerprint density at radius 1 is 0.899 bits per heavy atom. The number of aliphatic hydroxyl groups is 2. The lowest BCUT2D eigenvalue weighted by Gasteiger charge is -2.59. The molecule has 0 bridgehead atoms. The monoisotopic (exact) mass is 1080 g/mol. The maximum Gasteiger partial charge on any atom is 0.408 e. The molecular formula is C57H62N8O14. The molecule has 0 spiro atoms. The SMILES string of the molecule is C[C@]12C=CC(=O)C=C1CC[C@@H]1[C@@H]2[C@@H](O)C[C@@]2(C)[C@H]1C[C@H]1O[C@@H](c3ccc(CC4(NC(=O)OCc5ccc(NC(=O)[C@H](CCC(=O)O)NC(=O)CNC(=O)Cc6ccc(-c7nncnn7)cc6)cc5)COC4)cc3)O[C@]12C(=O)CO. The number of aliphatic carboxylic acids is 1. The van der Waals surface area contributed by atoms with E-state index in [1.807, 2.05) is 37.3 Å². The number of aliphatic hydroxyl groups excluding tert-OH is 2. The molecule has 0 radical (unpaired) electrons. The smallest absolute Gasteiger partial charge is 0.408 e. The first-order valence-electron chi connectivity index (χ1n) is 26.4. The standard InChI is InChI=1S/C57H62N8O14/c1-54-20-19-39(67)22-37(54)13-16-40-41-23-45-57(44(69)27-66,55(41,2)25-43(68)49(40)54)79-52(78-45)36-11-5-33(6-12-36)24-56(29-76-30-56)63-53(75)77-28-34-7-14-38(15-8-34)61-51(74)42(17-18-48(72)73)62-47(71)26-58-46(70)21-32-3-9-35(10-4-32)50-64-59-31-60-65-50/h3-12,14-15,19-20,22,31,40-43,45,49,52,66,68H,13,16-18,21,23-30H2,1-2H3,(H,58,70)(H,61,74)(H,62,71)(H,63,75)(H,72,73)/t40-,41-,42-,43-,45+,49+,52+,54-,55-,57+/m0/s1. The minimum absolute atomic E-state index is 0.0343. The Morgan fingerprint density at radius 3 is 2.29 bits per heavy atom. The first-order chi connectivity index (χ1) is 37.9. The Balaban J connectivity index is 0.694. The quantitative estimate of drug-likeness (QED) is 0.0707. The van der Waals surface area contributed by atoms with Gasteiger partial charge in [0.15, 0.2) is 29.8 Å². The summed E-state index contributed by atoms with van der Waals surface area (Å²) in [5.41, 5.74) is 1.22. The highest BCUT2D eigenvalue weighted by Crippen LogP contribution is 2.70. The van der Waals surface area contributed by atoms with Crippen LogP contribution in [0.1, 0.15) is 80.9 Å². The van der Waals surface area contributed by atoms with Gasteiger partial charge in [-0.2, -0.15) is 0 Å². The molecule has 10 rings (SSSR count). The number of fused-ring (bicyclic) bond motifs is 7. The summed E-state index contributed by atoms with van der Waals surface area (Å²) in [5, 5.41) is 57.6. The summed E-state index contributed by atoms with van der Waals surface area (Å²) in [6.07, 6.45) is 5.40. The molecular weight excluding hydrogens is 1020 g/mol. The zero-order chi connectivity index (χ0) is 55.7. The molecule has 2 aliphatic heterocycles. The second kappa shape index (κ2) is 22.2. The number of rotatable bonds is 19. The average molecular weight is 1080 g/mol. The number of aromatic nitrogens is 4. The highest BCUT2D eigenvalue weighted by Gasteiger charge is 2.76. The van der Waals surface area contributed by atoms with Gasteiger partial charge in [0, 0.05) is 46.4 Å². The number of hydrogen-bond donors (Lipinski definition) is 7. The van der Waals surface area contributed by atoms with Crippen LogP contribution in [-0.2, 0) is 67.2 Å². The van der Waals surface area contributed by atoms with Crippen LogP contribution in [0.15, 0.2) is 103 Å². The average Bonchev–Trinajstić information content (AvgIpc) is 2.50. The van der Waals surface area contributed by atoms with E-state index in [0.717, 1.165) is 17.6 Å². The molecule has 3 saturated carbocycles. The molecule has 3 heterocycles. The third-order valence-corrected chi connectivity index (χ3v) is 17.0. The predicted molar refractivity (Wildman–Crippen MR) is 278 cm³/mol. The third-order valence-electron chi connectivity index (χ3n) is 17.0. The molecule has 7 N–H and O–H groups in total. The van der Waals surface area contributed by atoms with Gasteiger partial charge in [-0.25, -0.2) is 4.79 Å². The van der Waals surface area contributed by atoms with Gasteiger partial charge in [0.25, 0.3) is 0 Å². The van der Waals surface area contributed by atoms with Crippen LogP contribution in [0.4, 0.5) is 10.5 Å². The number of Topliss-reactive ketones (excluding diaryl/α,β-unsaturated/α-hetero) is 1. The van der Waals surface area contributed by atoms with E-state index in [-0.39, 0.29) is 62.6 Å². The number of carboxylic acid groups (broad SMARTS) is 1. The van der Waals surface area contributed by atoms with Gasteiger partial charge >= 0.3 is 12.1 Å². The number of ether oxygens (including phenoxy) is 4. The van der Waals surface area contributed by atoms with Gasteiger partial charge in [-0.05, 0) is 84.9 Å². The number of ketones is 2. The molecule has 6 aliphatic rings. The number of anilines is 1. The molecule has 22 heteroatoms. The maximum absolute atomic E-state index is 14.0. The minimum atomic E-state index is -1.49. The molecule has 22 nitrogen and oxygen atoms in total. The van der Waals surface area contributed by atoms with Crippen LogP contribution in [0.5, 0.6) is 0 Å². The Morgan fingerprint density at radius 2 is 1.61 bits per heavy atom. The third kappa shape index (κ3) is 10.9. The number of alkyl carbamates (subject to hydrolysis) is 1. The summed E-state index contributed by atoms with van der Waals surface area (Å²) in [7, 11) is 0. The summed E-state index contributed by atoms with van der Waals surface area (Å²) in [6.45, 7) is 3.25. The van der Waals surface area contributed by atoms with Gasteiger partial charge in [-0.3, -0.25) is 28.8 Å². The molecule has 5 fully saturated rings. The van der Waals surface area contributed by atoms with Crippen LogP contribution in [0.25, 0.3) is 11.4 Å². The van der Waals surface area contributed by atoms with E-state index in [2.05, 4.69) is 48.6 Å². The Bertz CT molecular complexity index is 3060. The number of nitrogens with zero attached hydrogens (tertiary/aromatic N) is 4. The van der Waals surface area contributed by atoms with Crippen molar-refractivity contribution in [1.29, 1.82) is 0 Å². The van der Waals surface area contributed by atoms with Gasteiger partial charge in [-0.15, -0.1) is 20.4 Å². The van der Waals surface area contributed by atoms with Crippen molar-refractivity contribution in [3.8, 4) is 11.4 Å². The van der Waals surface area contributed by atoms with Crippen molar-refractivity contribution in [1.82, 2.24) is 36.3 Å². The molecule has 4 aliphatic carbocycles. The van der Waals surface area contributed by atoms with Crippen LogP contribution < -0.4 is 21.3 Å². The summed E-state index contributed by atoms with van der Waals surface area (Å²) >= 11 is 0. The summed E-state index contributed by atoms with van der Waals surface area (Å²) in [6, 6.07) is 19.5. The fraction of sp³-hybridized carbons (Fsp3) is 0.456. The number of carbonyl (C=O) groups excluding carboxylic acids is 6. The zero-order valence-electron chi connectivity index (χ0n) is 43.6. The van der Waals surface area contributed by atoms with Gasteiger partial charge in [0.1, 0.15) is 19.3 Å². The second-order valence-electron chi connectivity index (χ2n) is 22.0. The van der Waals surface area contributed by atoms with Crippen molar-refractivity contribution in [2.24, 2.45) is 28.6 Å². The van der Waals surface area contributed by atoms with Crippen molar-refractivity contribution in [2.75, 3.05) is 31.7 Å². The Hall–Kier alpha value is -7.63. The molecule has 4 amide bonds. The first-order valence-corrected chi connectivity index (χ1v) is 26.4. The van der Waals surface area contributed by atoms with E-state index in [1.54, 1.807) is 60.7 Å². The van der Waals surface area contributed by atoms with E-state index >= 15 is 0 Å². The Labute approximate surface area is 454 Å². The zero-order valence-corrected chi connectivity index (χ0v) is 43.6. The van der Waals surface area contributed by atoms with Crippen molar-refractivity contribution >= 4 is 47.0 Å². The van der Waals surface area contributed by atoms with Gasteiger partial charge in [-0.1, -0.05) is 86.2 Å². The number of benzene rings is 3. The van der Waals surface area contributed by atoms with Crippen molar-refractivity contribution in [2.45, 2.75) is 108 Å². The normalized spacial score (nSPS) is 28.3. The van der Waals surface area contributed by atoms with E-state index in [0.29, 0.717) is 53.0 Å². The summed E-state index contributed by atoms with van der Waals surface area (Å²) in [5.74, 6) is -3.36. The summed E-state index contributed by atoms with van der Waals surface area (Å²) < 4.78 is 24.5. The molecule has 414 valence electrons. The topological polar surface area (TPSA) is 317 Å². The van der Waals surface area contributed by atoms with Crippen LogP contribution in [0, 0.1) is 28.6 Å². The minimum Gasteiger partial charge on any atom is -0.481 e. The molecule has 10 atom stereocenters. The lowest BCUT2D eigenvalue weighted by molar-refractivity contribution is -0.201. The summed E-state index contributed by atoms with van der Waals surface area (Å²) in [4.78, 5) is 89.8. The fourth-order valence-electron chi connectivity index (χ4n) is 13.2. The van der Waals surface area contributed by atoms with Gasteiger partial charge < -0.3 is 55.5 Å². The van der Waals surface area contributed by atoms with Crippen LogP contribution >= 0.6 is 0 Å². The molecule has 2 saturated heterocycles.